The highest BCUT2D eigenvalue weighted by Crippen LogP contribution is 2.04. The van der Waals surface area contributed by atoms with Crippen LogP contribution in [0.5, 0.6) is 0 Å². The molecule has 0 heterocycles. The molecule has 64 valence electrons. The lowest BCUT2D eigenvalue weighted by atomic mass is 10.2. The molecule has 0 spiro atoms. The molecule has 0 amide bonds. The third-order valence-electron chi connectivity index (χ3n) is 1.26. The van der Waals surface area contributed by atoms with E-state index in [-0.39, 0.29) is 19.4 Å². The zero-order valence-electron chi connectivity index (χ0n) is 5.90. The molecule has 1 atom stereocenters. The average molecular weight is 178 g/mol. The van der Waals surface area contributed by atoms with Crippen LogP contribution in [0.25, 0.3) is 0 Å². The molecule has 0 aliphatic rings. The van der Waals surface area contributed by atoms with E-state index in [1.165, 1.54) is 0 Å². The molecule has 0 aromatic heterocycles. The first kappa shape index (κ1) is 10.4. The van der Waals surface area contributed by atoms with E-state index in [2.05, 4.69) is 0 Å². The molecule has 0 saturated heterocycles. The lowest BCUT2D eigenvalue weighted by Gasteiger charge is -2.07. The second-order valence-corrected chi connectivity index (χ2v) is 3.77. The minimum atomic E-state index is -4.06. The number of nitrogens with two attached hydrogens (primary N) is 1. The smallest absolute Gasteiger partial charge is 0.269 e. The fraction of sp³-hybridized carbons (Fsp3) is 0.800. The molecule has 0 aliphatic carbocycles. The van der Waals surface area contributed by atoms with Gasteiger partial charge in [-0.2, -0.15) is 13.7 Å². The van der Waals surface area contributed by atoms with Crippen molar-refractivity contribution in [2.24, 2.45) is 5.73 Å². The van der Waals surface area contributed by atoms with Gasteiger partial charge in [-0.15, -0.1) is 0 Å². The largest absolute Gasteiger partial charge is 0.329 e. The third-order valence-corrected chi connectivity index (χ3v) is 2.53. The van der Waals surface area contributed by atoms with E-state index >= 15 is 0 Å². The van der Waals surface area contributed by atoms with Crippen LogP contribution in [0.1, 0.15) is 12.8 Å². The Morgan fingerprint density at radius 1 is 1.64 bits per heavy atom. The Morgan fingerprint density at radius 2 is 2.18 bits per heavy atom. The molecule has 0 rings (SSSR count). The molecule has 0 saturated carbocycles. The van der Waals surface area contributed by atoms with Crippen LogP contribution < -0.4 is 5.73 Å². The van der Waals surface area contributed by atoms with E-state index < -0.39 is 15.4 Å². The molecule has 0 aliphatic heterocycles. The van der Waals surface area contributed by atoms with Crippen LogP contribution >= 0.6 is 0 Å². The molecule has 3 N–H and O–H groups in total. The number of hydrogen-bond acceptors (Lipinski definition) is 4. The van der Waals surface area contributed by atoms with E-state index in [4.69, 9.17) is 15.5 Å². The van der Waals surface area contributed by atoms with Gasteiger partial charge in [0.15, 0.2) is 0 Å². The minimum Gasteiger partial charge on any atom is -0.329 e. The van der Waals surface area contributed by atoms with Crippen LogP contribution in [0.2, 0.25) is 0 Å². The molecule has 0 radical (unpaired) electrons. The van der Waals surface area contributed by atoms with Crippen LogP contribution in [-0.2, 0) is 10.1 Å². The van der Waals surface area contributed by atoms with Gasteiger partial charge in [-0.25, -0.2) is 0 Å². The Morgan fingerprint density at radius 3 is 2.45 bits per heavy atom. The molecule has 5 nitrogen and oxygen atoms in total. The standard InChI is InChI=1S/C5H10N2O3S/c6-3-1-2-5(4-7)11(8,9)10/h5H,1-2,4,7H2,(H,8,9,10). The first-order valence-corrected chi connectivity index (χ1v) is 4.56. The molecule has 11 heavy (non-hydrogen) atoms. The maximum Gasteiger partial charge on any atom is 0.269 e. The van der Waals surface area contributed by atoms with Gasteiger partial charge in [0.25, 0.3) is 10.1 Å². The highest BCUT2D eigenvalue weighted by atomic mass is 32.2. The second kappa shape index (κ2) is 4.28. The predicted molar refractivity (Wildman–Crippen MR) is 39.2 cm³/mol. The lowest BCUT2D eigenvalue weighted by Crippen LogP contribution is -2.28. The number of hydrogen-bond donors (Lipinski definition) is 2. The summed E-state index contributed by atoms with van der Waals surface area (Å²) in [6, 6.07) is 1.77. The molecule has 0 bridgehead atoms. The van der Waals surface area contributed by atoms with Crippen molar-refractivity contribution in [3.05, 3.63) is 0 Å². The van der Waals surface area contributed by atoms with Crippen molar-refractivity contribution in [1.82, 2.24) is 0 Å². The van der Waals surface area contributed by atoms with Gasteiger partial charge in [0.05, 0.1) is 11.3 Å². The number of nitriles is 1. The Kier molecular flexibility index (Phi) is 4.03. The van der Waals surface area contributed by atoms with Crippen molar-refractivity contribution >= 4 is 10.1 Å². The van der Waals surface area contributed by atoms with E-state index in [1.807, 2.05) is 0 Å². The van der Waals surface area contributed by atoms with Gasteiger partial charge in [-0.05, 0) is 6.42 Å². The van der Waals surface area contributed by atoms with Crippen LogP contribution in [0.4, 0.5) is 0 Å². The Labute approximate surface area is 65.6 Å². The van der Waals surface area contributed by atoms with Gasteiger partial charge in [0, 0.05) is 13.0 Å². The molecule has 1 unspecified atom stereocenters. The van der Waals surface area contributed by atoms with Crippen LogP contribution in [0.15, 0.2) is 0 Å². The molecule has 6 heteroatoms. The van der Waals surface area contributed by atoms with Gasteiger partial charge < -0.3 is 5.73 Å². The monoisotopic (exact) mass is 178 g/mol. The highest BCUT2D eigenvalue weighted by molar-refractivity contribution is 7.86. The SMILES string of the molecule is N#CCCC(CN)S(=O)(=O)O. The molecular weight excluding hydrogens is 168 g/mol. The van der Waals surface area contributed by atoms with E-state index in [0.717, 1.165) is 0 Å². The van der Waals surface area contributed by atoms with Crippen LogP contribution in [-0.4, -0.2) is 24.8 Å². The van der Waals surface area contributed by atoms with Gasteiger partial charge in [0.1, 0.15) is 0 Å². The maximum absolute atomic E-state index is 10.4. The van der Waals surface area contributed by atoms with Gasteiger partial charge >= 0.3 is 0 Å². The second-order valence-electron chi connectivity index (χ2n) is 2.07. The summed E-state index contributed by atoms with van der Waals surface area (Å²) in [5.41, 5.74) is 5.05. The van der Waals surface area contributed by atoms with Crippen molar-refractivity contribution in [2.75, 3.05) is 6.54 Å². The number of rotatable bonds is 4. The Bertz CT molecular complexity index is 241. The average Bonchev–Trinajstić information content (AvgIpc) is 1.87. The van der Waals surface area contributed by atoms with Crippen molar-refractivity contribution in [3.63, 3.8) is 0 Å². The summed E-state index contributed by atoms with van der Waals surface area (Å²) in [7, 11) is -4.06. The third kappa shape index (κ3) is 3.93. The fourth-order valence-electron chi connectivity index (χ4n) is 0.614. The maximum atomic E-state index is 10.4. The van der Waals surface area contributed by atoms with Crippen LogP contribution in [0.3, 0.4) is 0 Å². The summed E-state index contributed by atoms with van der Waals surface area (Å²) in [5, 5.41) is 7.11. The van der Waals surface area contributed by atoms with Crippen molar-refractivity contribution < 1.29 is 13.0 Å². The topological polar surface area (TPSA) is 104 Å². The van der Waals surface area contributed by atoms with Gasteiger partial charge in [-0.1, -0.05) is 0 Å². The van der Waals surface area contributed by atoms with E-state index in [9.17, 15) is 8.42 Å². The summed E-state index contributed by atoms with van der Waals surface area (Å²) in [6.45, 7) is -0.152. The molecule has 0 aromatic carbocycles. The molecule has 0 aromatic rings. The lowest BCUT2D eigenvalue weighted by molar-refractivity contribution is 0.463. The fourth-order valence-corrected chi connectivity index (χ4v) is 1.27. The van der Waals surface area contributed by atoms with Crippen molar-refractivity contribution in [1.29, 1.82) is 5.26 Å². The highest BCUT2D eigenvalue weighted by Gasteiger charge is 2.20. The van der Waals surface area contributed by atoms with Crippen molar-refractivity contribution in [2.45, 2.75) is 18.1 Å². The predicted octanol–water partition coefficient (Wildman–Crippen LogP) is -0.495. The molecular formula is C5H10N2O3S. The quantitative estimate of drug-likeness (QED) is 0.565. The van der Waals surface area contributed by atoms with Crippen molar-refractivity contribution in [3.8, 4) is 6.07 Å². The first-order valence-electron chi connectivity index (χ1n) is 3.05. The first-order chi connectivity index (χ1) is 5.02. The minimum absolute atomic E-state index is 0.0850. The molecule has 0 fully saturated rings. The van der Waals surface area contributed by atoms with E-state index in [1.54, 1.807) is 6.07 Å². The summed E-state index contributed by atoms with van der Waals surface area (Å²) < 4.78 is 29.4. The zero-order valence-corrected chi connectivity index (χ0v) is 6.71. The normalized spacial score (nSPS) is 13.9. The van der Waals surface area contributed by atoms with E-state index in [0.29, 0.717) is 0 Å². The Hall–Kier alpha value is -0.640. The van der Waals surface area contributed by atoms with Crippen LogP contribution in [0, 0.1) is 11.3 Å². The summed E-state index contributed by atoms with van der Waals surface area (Å²) >= 11 is 0. The number of nitrogens with zero attached hydrogens (tertiary/aromatic N) is 1. The Balaban J connectivity index is 4.11. The van der Waals surface area contributed by atoms with Gasteiger partial charge in [-0.3, -0.25) is 4.55 Å². The summed E-state index contributed by atoms with van der Waals surface area (Å²) in [6.07, 6.45) is 0.174. The summed E-state index contributed by atoms with van der Waals surface area (Å²) in [4.78, 5) is 0. The summed E-state index contributed by atoms with van der Waals surface area (Å²) in [5.74, 6) is 0. The zero-order chi connectivity index (χ0) is 8.91. The van der Waals surface area contributed by atoms with Gasteiger partial charge in [0.2, 0.25) is 0 Å².